The molecule has 214 valence electrons. The second kappa shape index (κ2) is 11.3. The van der Waals surface area contributed by atoms with Crippen molar-refractivity contribution in [3.05, 3.63) is 120 Å². The fourth-order valence-corrected chi connectivity index (χ4v) is 6.07. The molecule has 10 heteroatoms. The van der Waals surface area contributed by atoms with Crippen molar-refractivity contribution in [2.75, 3.05) is 4.90 Å². The lowest BCUT2D eigenvalue weighted by molar-refractivity contribution is -0.384. The van der Waals surface area contributed by atoms with Crippen molar-refractivity contribution in [1.82, 2.24) is 0 Å². The van der Waals surface area contributed by atoms with E-state index in [2.05, 4.69) is 6.07 Å². The van der Waals surface area contributed by atoms with Gasteiger partial charge < -0.3 is 10.5 Å². The van der Waals surface area contributed by atoms with E-state index in [0.29, 0.717) is 34.9 Å². The Labute approximate surface area is 247 Å². The Hall–Kier alpha value is -4.68. The maximum absolute atomic E-state index is 14.0. The van der Waals surface area contributed by atoms with Crippen LogP contribution in [0.2, 0.25) is 5.02 Å². The number of ketones is 1. The Kier molecular flexibility index (Phi) is 7.76. The Morgan fingerprint density at radius 1 is 1.17 bits per heavy atom. The highest BCUT2D eigenvalue weighted by Crippen LogP contribution is 2.49. The van der Waals surface area contributed by atoms with Crippen LogP contribution in [0.4, 0.5) is 15.8 Å². The fraction of sp³-hybridized carbons (Fsp3) is 0.250. The molecule has 0 fully saturated rings. The highest BCUT2D eigenvalue weighted by Gasteiger charge is 2.42. The van der Waals surface area contributed by atoms with Gasteiger partial charge in [0, 0.05) is 22.7 Å². The second-order valence-electron chi connectivity index (χ2n) is 10.5. The zero-order chi connectivity index (χ0) is 30.3. The fourth-order valence-electron chi connectivity index (χ4n) is 5.85. The second-order valence-corrected chi connectivity index (χ2v) is 11.0. The minimum atomic E-state index is -0.781. The summed E-state index contributed by atoms with van der Waals surface area (Å²) in [5.74, 6) is -1.06. The number of hydrogen-bond donors (Lipinski definition) is 1. The molecule has 8 nitrogen and oxygen atoms in total. The van der Waals surface area contributed by atoms with Crippen molar-refractivity contribution in [2.45, 2.75) is 52.6 Å². The molecule has 0 radical (unpaired) electrons. The van der Waals surface area contributed by atoms with Gasteiger partial charge in [0.15, 0.2) is 5.78 Å². The molecule has 1 aliphatic heterocycles. The Morgan fingerprint density at radius 3 is 2.62 bits per heavy atom. The average molecular weight is 587 g/mol. The van der Waals surface area contributed by atoms with E-state index >= 15 is 0 Å². The van der Waals surface area contributed by atoms with Crippen LogP contribution in [0.15, 0.2) is 71.2 Å². The number of rotatable bonds is 6. The smallest absolute Gasteiger partial charge is 0.296 e. The number of halogens is 2. The van der Waals surface area contributed by atoms with Gasteiger partial charge in [-0.15, -0.1) is 0 Å². The van der Waals surface area contributed by atoms with E-state index in [4.69, 9.17) is 22.1 Å². The summed E-state index contributed by atoms with van der Waals surface area (Å²) in [6.07, 6.45) is 1.18. The van der Waals surface area contributed by atoms with Crippen molar-refractivity contribution in [3.63, 3.8) is 0 Å². The molecule has 0 saturated carbocycles. The van der Waals surface area contributed by atoms with Crippen LogP contribution >= 0.6 is 11.6 Å². The molecule has 1 heterocycles. The minimum absolute atomic E-state index is 0.000637. The molecule has 3 aromatic carbocycles. The maximum atomic E-state index is 14.0. The summed E-state index contributed by atoms with van der Waals surface area (Å²) >= 11 is 6.09. The van der Waals surface area contributed by atoms with Gasteiger partial charge in [-0.1, -0.05) is 29.3 Å². The van der Waals surface area contributed by atoms with E-state index < -0.39 is 22.3 Å². The van der Waals surface area contributed by atoms with Gasteiger partial charge in [0.05, 0.1) is 28.5 Å². The van der Waals surface area contributed by atoms with Gasteiger partial charge in [0.2, 0.25) is 0 Å². The Morgan fingerprint density at radius 2 is 1.93 bits per heavy atom. The Bertz CT molecular complexity index is 1760. The molecule has 1 atom stereocenters. The Balaban J connectivity index is 1.66. The molecule has 3 aromatic rings. The van der Waals surface area contributed by atoms with E-state index in [1.165, 1.54) is 11.0 Å². The van der Waals surface area contributed by atoms with Crippen LogP contribution in [0, 0.1) is 48.0 Å². The SMILES string of the molecule is Cc1cc(COc2ccc(Cl)cc2C)c(C)c(C2C(C#N)=C(N)N(c3ccc(F)cc3[N+](=O)[O-])C3=C2C(=O)CCC3)c1. The number of hydrogen-bond acceptors (Lipinski definition) is 7. The van der Waals surface area contributed by atoms with Crippen LogP contribution in [0.3, 0.4) is 0 Å². The minimum Gasteiger partial charge on any atom is -0.489 e. The number of nitro groups is 1. The predicted octanol–water partition coefficient (Wildman–Crippen LogP) is 7.20. The zero-order valence-corrected chi connectivity index (χ0v) is 24.1. The lowest BCUT2D eigenvalue weighted by Crippen LogP contribution is -2.39. The first-order valence-corrected chi connectivity index (χ1v) is 13.8. The molecule has 1 unspecified atom stereocenters. The molecule has 5 rings (SSSR count). The number of Topliss-reactive ketones (excluding diaryl/α,β-unsaturated/α-hetero) is 1. The van der Waals surface area contributed by atoms with Gasteiger partial charge in [-0.25, -0.2) is 4.39 Å². The molecule has 42 heavy (non-hydrogen) atoms. The molecular formula is C32H28ClFN4O4. The van der Waals surface area contributed by atoms with Crippen molar-refractivity contribution in [1.29, 1.82) is 5.26 Å². The molecule has 1 aliphatic carbocycles. The van der Waals surface area contributed by atoms with Crippen LogP contribution in [-0.2, 0) is 11.4 Å². The van der Waals surface area contributed by atoms with Crippen molar-refractivity contribution < 1.29 is 18.8 Å². The number of anilines is 1. The summed E-state index contributed by atoms with van der Waals surface area (Å²) < 4.78 is 20.2. The molecule has 2 aliphatic rings. The van der Waals surface area contributed by atoms with Crippen molar-refractivity contribution >= 4 is 28.8 Å². The summed E-state index contributed by atoms with van der Waals surface area (Å²) in [6, 6.07) is 14.7. The first-order valence-electron chi connectivity index (χ1n) is 13.4. The molecule has 0 spiro atoms. The summed E-state index contributed by atoms with van der Waals surface area (Å²) in [6.45, 7) is 5.99. The largest absolute Gasteiger partial charge is 0.489 e. The van der Waals surface area contributed by atoms with E-state index in [9.17, 15) is 24.6 Å². The van der Waals surface area contributed by atoms with Crippen molar-refractivity contribution in [2.24, 2.45) is 5.73 Å². The van der Waals surface area contributed by atoms with E-state index in [1.807, 2.05) is 45.0 Å². The quantitative estimate of drug-likeness (QED) is 0.239. The highest BCUT2D eigenvalue weighted by atomic mass is 35.5. The molecule has 0 saturated heterocycles. The third-order valence-electron chi connectivity index (χ3n) is 7.82. The summed E-state index contributed by atoms with van der Waals surface area (Å²) in [5, 5.41) is 22.9. The topological polar surface area (TPSA) is 122 Å². The molecule has 0 aromatic heterocycles. The number of allylic oxidation sites excluding steroid dienone is 3. The number of carbonyl (C=O) groups is 1. The third-order valence-corrected chi connectivity index (χ3v) is 8.05. The number of nitrogens with two attached hydrogens (primary N) is 1. The van der Waals surface area contributed by atoms with Gasteiger partial charge in [0.1, 0.15) is 29.7 Å². The maximum Gasteiger partial charge on any atom is 0.296 e. The molecule has 0 amide bonds. The number of carbonyl (C=O) groups excluding carboxylic acids is 1. The monoisotopic (exact) mass is 586 g/mol. The van der Waals surface area contributed by atoms with Crippen LogP contribution in [0.25, 0.3) is 0 Å². The summed E-state index contributed by atoms with van der Waals surface area (Å²) in [7, 11) is 0. The number of nitrogens with zero attached hydrogens (tertiary/aromatic N) is 3. The lowest BCUT2D eigenvalue weighted by atomic mass is 9.73. The van der Waals surface area contributed by atoms with E-state index in [-0.39, 0.29) is 35.9 Å². The first-order chi connectivity index (χ1) is 20.0. The number of nitriles is 1. The summed E-state index contributed by atoms with van der Waals surface area (Å²) in [4.78, 5) is 26.2. The van der Waals surface area contributed by atoms with Crippen LogP contribution in [0.1, 0.15) is 53.0 Å². The molecular weight excluding hydrogens is 559 g/mol. The summed E-state index contributed by atoms with van der Waals surface area (Å²) in [5.41, 5.74) is 11.3. The number of aryl methyl sites for hydroxylation is 2. The van der Waals surface area contributed by atoms with Gasteiger partial charge in [-0.05, 0) is 86.2 Å². The van der Waals surface area contributed by atoms with Crippen LogP contribution < -0.4 is 15.4 Å². The van der Waals surface area contributed by atoms with Gasteiger partial charge in [-0.2, -0.15) is 5.26 Å². The third kappa shape index (κ3) is 5.10. The van der Waals surface area contributed by atoms with Gasteiger partial charge in [-0.3, -0.25) is 19.8 Å². The van der Waals surface area contributed by atoms with Gasteiger partial charge >= 0.3 is 0 Å². The average Bonchev–Trinajstić information content (AvgIpc) is 2.94. The highest BCUT2D eigenvalue weighted by molar-refractivity contribution is 6.30. The zero-order valence-electron chi connectivity index (χ0n) is 23.3. The lowest BCUT2D eigenvalue weighted by Gasteiger charge is -2.39. The van der Waals surface area contributed by atoms with E-state index in [0.717, 1.165) is 39.9 Å². The number of ether oxygens (including phenoxy) is 1. The van der Waals surface area contributed by atoms with Crippen molar-refractivity contribution in [3.8, 4) is 11.8 Å². The molecule has 2 N–H and O–H groups in total. The number of nitro benzene ring substituents is 1. The van der Waals surface area contributed by atoms with Crippen LogP contribution in [-0.4, -0.2) is 10.7 Å². The van der Waals surface area contributed by atoms with Crippen LogP contribution in [0.5, 0.6) is 5.75 Å². The standard InChI is InChI=1S/C32H28ClFN4O4/c1-17-11-20(16-42-29-10-7-21(33)13-18(29)2)19(3)23(12-17)30-24(15-35)32(36)37(26-5-4-6-28(39)31(26)30)25-9-8-22(34)14-27(25)38(40)41/h7-14,30H,4-6,16,36H2,1-3H3. The predicted molar refractivity (Wildman–Crippen MR) is 157 cm³/mol. The first kappa shape index (κ1) is 28.8. The van der Waals surface area contributed by atoms with Gasteiger partial charge in [0.25, 0.3) is 5.69 Å². The number of benzene rings is 3. The normalized spacial score (nSPS) is 16.8. The van der Waals surface area contributed by atoms with E-state index in [1.54, 1.807) is 6.07 Å². The molecule has 0 bridgehead atoms.